The molecule has 0 N–H and O–H groups in total. The van der Waals surface area contributed by atoms with Gasteiger partial charge in [0.05, 0.1) is 11.3 Å². The summed E-state index contributed by atoms with van der Waals surface area (Å²) in [7, 11) is 1.62. The molecule has 0 atom stereocenters. The summed E-state index contributed by atoms with van der Waals surface area (Å²) in [4.78, 5) is 0. The van der Waals surface area contributed by atoms with Gasteiger partial charge in [-0.1, -0.05) is 23.7 Å². The van der Waals surface area contributed by atoms with Gasteiger partial charge in [-0.25, -0.2) is 0 Å². The first-order chi connectivity index (χ1) is 7.88. The van der Waals surface area contributed by atoms with E-state index in [0.29, 0.717) is 16.4 Å². The number of aromatic nitrogens is 2. The summed E-state index contributed by atoms with van der Waals surface area (Å²) in [6.45, 7) is 0. The molecule has 0 aliphatic carbocycles. The first-order valence-corrected chi connectivity index (χ1v) is 5.13. The SMILES string of the molecule is Cn1nc(-c2cccc(C(F)(F)F)c2)cc1Cl. The minimum Gasteiger partial charge on any atom is -0.256 e. The number of hydrogen-bond acceptors (Lipinski definition) is 1. The van der Waals surface area contributed by atoms with Crippen molar-refractivity contribution in [3.63, 3.8) is 0 Å². The average Bonchev–Trinajstić information content (AvgIpc) is 2.58. The predicted molar refractivity (Wildman–Crippen MR) is 58.7 cm³/mol. The third-order valence-corrected chi connectivity index (χ3v) is 2.66. The molecule has 6 heteroatoms. The Hall–Kier alpha value is -1.49. The summed E-state index contributed by atoms with van der Waals surface area (Å²) in [6.07, 6.45) is -4.35. The highest BCUT2D eigenvalue weighted by atomic mass is 35.5. The molecule has 17 heavy (non-hydrogen) atoms. The topological polar surface area (TPSA) is 17.8 Å². The van der Waals surface area contributed by atoms with Crippen molar-refractivity contribution in [1.29, 1.82) is 0 Å². The van der Waals surface area contributed by atoms with Gasteiger partial charge in [-0.3, -0.25) is 4.68 Å². The molecule has 0 fully saturated rings. The van der Waals surface area contributed by atoms with Crippen molar-refractivity contribution in [2.75, 3.05) is 0 Å². The molecule has 2 rings (SSSR count). The van der Waals surface area contributed by atoms with Gasteiger partial charge in [-0.2, -0.15) is 18.3 Å². The van der Waals surface area contributed by atoms with Crippen molar-refractivity contribution < 1.29 is 13.2 Å². The van der Waals surface area contributed by atoms with Crippen LogP contribution in [0.3, 0.4) is 0 Å². The standard InChI is InChI=1S/C11H8ClF3N2/c1-17-10(12)6-9(16-17)7-3-2-4-8(5-7)11(13,14)15/h2-6H,1H3. The minimum atomic E-state index is -4.35. The minimum absolute atomic E-state index is 0.373. The number of nitrogens with zero attached hydrogens (tertiary/aromatic N) is 2. The third-order valence-electron chi connectivity index (χ3n) is 2.31. The molecule has 2 nitrogen and oxygen atoms in total. The maximum Gasteiger partial charge on any atom is 0.416 e. The largest absolute Gasteiger partial charge is 0.416 e. The molecule has 0 aliphatic heterocycles. The van der Waals surface area contributed by atoms with Gasteiger partial charge in [0.2, 0.25) is 0 Å². The van der Waals surface area contributed by atoms with Gasteiger partial charge in [-0.05, 0) is 12.1 Å². The number of halogens is 4. The molecule has 0 radical (unpaired) electrons. The zero-order valence-electron chi connectivity index (χ0n) is 8.79. The van der Waals surface area contributed by atoms with Crippen LogP contribution < -0.4 is 0 Å². The first-order valence-electron chi connectivity index (χ1n) is 4.75. The summed E-state index contributed by atoms with van der Waals surface area (Å²) in [5.74, 6) is 0. The molecule has 0 amide bonds. The smallest absolute Gasteiger partial charge is 0.256 e. The molecule has 0 saturated heterocycles. The molecule has 0 aliphatic rings. The van der Waals surface area contributed by atoms with Gasteiger partial charge in [-0.15, -0.1) is 0 Å². The lowest BCUT2D eigenvalue weighted by molar-refractivity contribution is -0.137. The van der Waals surface area contributed by atoms with Crippen molar-refractivity contribution >= 4 is 11.6 Å². The van der Waals surface area contributed by atoms with E-state index >= 15 is 0 Å². The van der Waals surface area contributed by atoms with Gasteiger partial charge >= 0.3 is 6.18 Å². The fraction of sp³-hybridized carbons (Fsp3) is 0.182. The van der Waals surface area contributed by atoms with E-state index in [-0.39, 0.29) is 0 Å². The molecule has 1 heterocycles. The summed E-state index contributed by atoms with van der Waals surface area (Å²) in [5.41, 5.74) is 0.114. The summed E-state index contributed by atoms with van der Waals surface area (Å²) < 4.78 is 38.9. The molecular formula is C11H8ClF3N2. The van der Waals surface area contributed by atoms with Crippen LogP contribution >= 0.6 is 11.6 Å². The second-order valence-corrected chi connectivity index (χ2v) is 3.94. The second-order valence-electron chi connectivity index (χ2n) is 3.55. The van der Waals surface area contributed by atoms with Crippen LogP contribution in [0.5, 0.6) is 0 Å². The Labute approximate surface area is 101 Å². The monoisotopic (exact) mass is 260 g/mol. The molecule has 0 bridgehead atoms. The van der Waals surface area contributed by atoms with Crippen LogP contribution in [-0.4, -0.2) is 9.78 Å². The summed E-state index contributed by atoms with van der Waals surface area (Å²) in [6, 6.07) is 6.51. The Bertz CT molecular complexity index is 526. The Morgan fingerprint density at radius 3 is 2.47 bits per heavy atom. The van der Waals surface area contributed by atoms with Crippen LogP contribution in [0, 0.1) is 0 Å². The summed E-state index contributed by atoms with van der Waals surface area (Å²) in [5, 5.41) is 4.39. The normalized spacial score (nSPS) is 11.8. The highest BCUT2D eigenvalue weighted by Gasteiger charge is 2.30. The number of alkyl halides is 3. The lowest BCUT2D eigenvalue weighted by Gasteiger charge is -2.07. The van der Waals surface area contributed by atoms with Crippen LogP contribution in [0.4, 0.5) is 13.2 Å². The van der Waals surface area contributed by atoms with E-state index in [1.54, 1.807) is 13.1 Å². The molecular weight excluding hydrogens is 253 g/mol. The van der Waals surface area contributed by atoms with Crippen molar-refractivity contribution in [3.05, 3.63) is 41.0 Å². The van der Waals surface area contributed by atoms with E-state index in [4.69, 9.17) is 11.6 Å². The Morgan fingerprint density at radius 2 is 1.94 bits per heavy atom. The Morgan fingerprint density at radius 1 is 1.24 bits per heavy atom. The quantitative estimate of drug-likeness (QED) is 0.763. The van der Waals surface area contributed by atoms with E-state index in [0.717, 1.165) is 12.1 Å². The molecule has 1 aromatic carbocycles. The molecule has 2 aromatic rings. The first kappa shape index (κ1) is 12.0. The molecule has 0 spiro atoms. The van der Waals surface area contributed by atoms with Crippen LogP contribution in [0.25, 0.3) is 11.3 Å². The molecule has 0 saturated carbocycles. The molecule has 90 valence electrons. The van der Waals surface area contributed by atoms with Gasteiger partial charge < -0.3 is 0 Å². The number of aryl methyl sites for hydroxylation is 1. The second kappa shape index (κ2) is 4.07. The van der Waals surface area contributed by atoms with Crippen molar-refractivity contribution in [3.8, 4) is 11.3 Å². The zero-order chi connectivity index (χ0) is 12.6. The van der Waals surface area contributed by atoms with Gasteiger partial charge in [0, 0.05) is 18.7 Å². The fourth-order valence-corrected chi connectivity index (χ4v) is 1.58. The van der Waals surface area contributed by atoms with E-state index in [9.17, 15) is 13.2 Å². The average molecular weight is 261 g/mol. The van der Waals surface area contributed by atoms with Crippen molar-refractivity contribution in [2.24, 2.45) is 7.05 Å². The molecule has 0 unspecified atom stereocenters. The Balaban J connectivity index is 2.47. The Kier molecular flexibility index (Phi) is 2.87. The van der Waals surface area contributed by atoms with Crippen LogP contribution in [0.2, 0.25) is 5.15 Å². The predicted octanol–water partition coefficient (Wildman–Crippen LogP) is 3.76. The van der Waals surface area contributed by atoms with E-state index < -0.39 is 11.7 Å². The van der Waals surface area contributed by atoms with E-state index in [1.165, 1.54) is 16.8 Å². The number of rotatable bonds is 1. The van der Waals surface area contributed by atoms with Crippen molar-refractivity contribution in [2.45, 2.75) is 6.18 Å². The lowest BCUT2D eigenvalue weighted by atomic mass is 10.1. The van der Waals surface area contributed by atoms with Crippen LogP contribution in [-0.2, 0) is 13.2 Å². The van der Waals surface area contributed by atoms with Gasteiger partial charge in [0.15, 0.2) is 0 Å². The van der Waals surface area contributed by atoms with Crippen LogP contribution in [0.1, 0.15) is 5.56 Å². The highest BCUT2D eigenvalue weighted by molar-refractivity contribution is 6.29. The lowest BCUT2D eigenvalue weighted by Crippen LogP contribution is -2.04. The maximum absolute atomic E-state index is 12.5. The molecule has 1 aromatic heterocycles. The summed E-state index contributed by atoms with van der Waals surface area (Å²) >= 11 is 5.79. The van der Waals surface area contributed by atoms with Crippen molar-refractivity contribution in [1.82, 2.24) is 9.78 Å². The van der Waals surface area contributed by atoms with Gasteiger partial charge in [0.1, 0.15) is 5.15 Å². The number of hydrogen-bond donors (Lipinski definition) is 0. The third kappa shape index (κ3) is 2.44. The van der Waals surface area contributed by atoms with E-state index in [1.807, 2.05) is 0 Å². The number of benzene rings is 1. The van der Waals surface area contributed by atoms with Crippen LogP contribution in [0.15, 0.2) is 30.3 Å². The zero-order valence-corrected chi connectivity index (χ0v) is 9.55. The van der Waals surface area contributed by atoms with E-state index in [2.05, 4.69) is 5.10 Å². The highest BCUT2D eigenvalue weighted by Crippen LogP contribution is 2.32. The van der Waals surface area contributed by atoms with Gasteiger partial charge in [0.25, 0.3) is 0 Å². The maximum atomic E-state index is 12.5. The fourth-order valence-electron chi connectivity index (χ4n) is 1.44.